The second-order valence-electron chi connectivity index (χ2n) is 7.20. The Balaban J connectivity index is 1.94. The van der Waals surface area contributed by atoms with Gasteiger partial charge < -0.3 is 10.5 Å². The summed E-state index contributed by atoms with van der Waals surface area (Å²) in [6.45, 7) is 3.75. The van der Waals surface area contributed by atoms with Crippen LogP contribution in [0.1, 0.15) is 52.5 Å². The summed E-state index contributed by atoms with van der Waals surface area (Å²) in [4.78, 5) is 38.9. The summed E-state index contributed by atoms with van der Waals surface area (Å²) in [6, 6.07) is 4.83. The van der Waals surface area contributed by atoms with Crippen LogP contribution in [-0.4, -0.2) is 34.0 Å². The number of nitrogen functional groups attached to an aromatic ring is 1. The van der Waals surface area contributed by atoms with Gasteiger partial charge in [-0.25, -0.2) is 9.38 Å². The van der Waals surface area contributed by atoms with Crippen molar-refractivity contribution in [2.75, 3.05) is 12.3 Å². The lowest BCUT2D eigenvalue weighted by molar-refractivity contribution is -0.146. The van der Waals surface area contributed by atoms with E-state index in [1.165, 1.54) is 18.5 Å². The number of thiophene rings is 1. The number of anilines is 1. The van der Waals surface area contributed by atoms with Crippen LogP contribution in [0.4, 0.5) is 15.1 Å². The molecule has 0 spiro atoms. The first-order valence-electron chi connectivity index (χ1n) is 10.2. The van der Waals surface area contributed by atoms with Crippen molar-refractivity contribution in [1.82, 2.24) is 9.97 Å². The molecule has 0 aromatic carbocycles. The highest BCUT2D eigenvalue weighted by atomic mass is 32.1. The molecule has 32 heavy (non-hydrogen) atoms. The number of ether oxygens (including phenoxy) is 1. The number of aromatic nitrogens is 2. The van der Waals surface area contributed by atoms with Crippen molar-refractivity contribution in [3.8, 4) is 0 Å². The van der Waals surface area contributed by atoms with Crippen LogP contribution in [0.5, 0.6) is 0 Å². The maximum Gasteiger partial charge on any atom is 0.315 e. The van der Waals surface area contributed by atoms with Crippen LogP contribution >= 0.6 is 11.3 Å². The Morgan fingerprint density at radius 1 is 1.19 bits per heavy atom. The molecule has 7 nitrogen and oxygen atoms in total. The lowest BCUT2D eigenvalue weighted by Gasteiger charge is -2.31. The zero-order valence-electron chi connectivity index (χ0n) is 17.5. The summed E-state index contributed by atoms with van der Waals surface area (Å²) in [5.41, 5.74) is 8.31. The SMILES string of the molecule is CCOC(=O)C1C(CC)=Nc2sc(C(=O)c3cccnc3)c(N)c2C1c1ccncc1F. The van der Waals surface area contributed by atoms with Crippen molar-refractivity contribution in [3.63, 3.8) is 0 Å². The molecule has 0 bridgehead atoms. The van der Waals surface area contributed by atoms with E-state index in [1.807, 2.05) is 6.92 Å². The van der Waals surface area contributed by atoms with E-state index in [0.717, 1.165) is 17.5 Å². The quantitative estimate of drug-likeness (QED) is 0.441. The fourth-order valence-electron chi connectivity index (χ4n) is 3.96. The van der Waals surface area contributed by atoms with Crippen LogP contribution in [-0.2, 0) is 9.53 Å². The molecule has 1 aliphatic rings. The molecule has 0 saturated carbocycles. The number of hydrogen-bond donors (Lipinski definition) is 1. The number of ketones is 1. The number of carbonyl (C=O) groups is 2. The molecule has 2 N–H and O–H groups in total. The van der Waals surface area contributed by atoms with Gasteiger partial charge in [0.25, 0.3) is 0 Å². The predicted molar refractivity (Wildman–Crippen MR) is 120 cm³/mol. The van der Waals surface area contributed by atoms with Gasteiger partial charge in [-0.1, -0.05) is 6.92 Å². The number of carbonyl (C=O) groups excluding carboxylic acids is 2. The summed E-state index contributed by atoms with van der Waals surface area (Å²) in [5, 5.41) is 0.494. The average molecular weight is 453 g/mol. The molecular formula is C23H21FN4O3S. The Labute approximate surface area is 188 Å². The molecule has 0 saturated heterocycles. The molecule has 2 atom stereocenters. The van der Waals surface area contributed by atoms with E-state index in [1.54, 1.807) is 25.3 Å². The molecule has 0 amide bonds. The Hall–Kier alpha value is -3.46. The lowest BCUT2D eigenvalue weighted by atomic mass is 9.76. The van der Waals surface area contributed by atoms with E-state index >= 15 is 0 Å². The summed E-state index contributed by atoms with van der Waals surface area (Å²) < 4.78 is 20.2. The van der Waals surface area contributed by atoms with Crippen molar-refractivity contribution in [1.29, 1.82) is 0 Å². The zero-order chi connectivity index (χ0) is 22.8. The van der Waals surface area contributed by atoms with Gasteiger partial charge in [0.1, 0.15) is 21.6 Å². The Bertz CT molecular complexity index is 1210. The minimum Gasteiger partial charge on any atom is -0.465 e. The first kappa shape index (κ1) is 21.8. The van der Waals surface area contributed by atoms with Crippen LogP contribution in [0.3, 0.4) is 0 Å². The average Bonchev–Trinajstić information content (AvgIpc) is 3.14. The minimum absolute atomic E-state index is 0.175. The fourth-order valence-corrected chi connectivity index (χ4v) is 5.09. The highest BCUT2D eigenvalue weighted by Gasteiger charge is 2.43. The summed E-state index contributed by atoms with van der Waals surface area (Å²) >= 11 is 1.14. The third-order valence-corrected chi connectivity index (χ3v) is 6.50. The van der Waals surface area contributed by atoms with Gasteiger partial charge in [0.05, 0.1) is 18.5 Å². The monoisotopic (exact) mass is 452 g/mol. The first-order valence-corrected chi connectivity index (χ1v) is 11.0. The zero-order valence-corrected chi connectivity index (χ0v) is 18.4. The smallest absolute Gasteiger partial charge is 0.315 e. The highest BCUT2D eigenvalue weighted by Crippen LogP contribution is 2.52. The second kappa shape index (κ2) is 8.96. The van der Waals surface area contributed by atoms with Crippen LogP contribution in [0, 0.1) is 11.7 Å². The predicted octanol–water partition coefficient (Wildman–Crippen LogP) is 4.30. The maximum absolute atomic E-state index is 14.9. The van der Waals surface area contributed by atoms with Gasteiger partial charge >= 0.3 is 5.97 Å². The highest BCUT2D eigenvalue weighted by molar-refractivity contribution is 7.18. The topological polar surface area (TPSA) is 108 Å². The van der Waals surface area contributed by atoms with E-state index in [0.29, 0.717) is 28.3 Å². The van der Waals surface area contributed by atoms with Gasteiger partial charge in [-0.15, -0.1) is 11.3 Å². The van der Waals surface area contributed by atoms with Crippen molar-refractivity contribution in [2.24, 2.45) is 10.9 Å². The lowest BCUT2D eigenvalue weighted by Crippen LogP contribution is -2.34. The van der Waals surface area contributed by atoms with Crippen LogP contribution in [0.2, 0.25) is 0 Å². The minimum atomic E-state index is -0.859. The van der Waals surface area contributed by atoms with Crippen molar-refractivity contribution in [3.05, 3.63) is 70.4 Å². The van der Waals surface area contributed by atoms with Gasteiger partial charge in [-0.2, -0.15) is 0 Å². The summed E-state index contributed by atoms with van der Waals surface area (Å²) in [5.74, 6) is -3.02. The molecule has 9 heteroatoms. The van der Waals surface area contributed by atoms with Crippen molar-refractivity contribution in [2.45, 2.75) is 26.2 Å². The number of halogens is 1. The maximum atomic E-state index is 14.9. The number of hydrogen-bond acceptors (Lipinski definition) is 8. The molecule has 4 heterocycles. The third kappa shape index (κ3) is 3.69. The standard InChI is InChI=1S/C23H21FN4O3S/c1-3-15-17(23(30)31-4-2)16(13-7-9-27-11-14(13)24)18-19(25)21(32-22(18)28-15)20(29)12-6-5-8-26-10-12/h5-11,16-17H,3-4,25H2,1-2H3. The number of fused-ring (bicyclic) bond motifs is 1. The van der Waals surface area contributed by atoms with E-state index in [-0.39, 0.29) is 28.5 Å². The van der Waals surface area contributed by atoms with E-state index in [2.05, 4.69) is 15.0 Å². The summed E-state index contributed by atoms with van der Waals surface area (Å²) in [6.07, 6.45) is 6.04. The van der Waals surface area contributed by atoms with E-state index in [4.69, 9.17) is 10.5 Å². The number of esters is 1. The number of pyridine rings is 2. The molecule has 3 aromatic rings. The van der Waals surface area contributed by atoms with Gasteiger partial charge in [-0.05, 0) is 37.1 Å². The number of nitrogens with zero attached hydrogens (tertiary/aromatic N) is 3. The first-order chi connectivity index (χ1) is 15.5. The second-order valence-corrected chi connectivity index (χ2v) is 8.19. The molecule has 0 radical (unpaired) electrons. The molecule has 0 fully saturated rings. The molecule has 1 aliphatic heterocycles. The summed E-state index contributed by atoms with van der Waals surface area (Å²) in [7, 11) is 0. The molecule has 4 rings (SSSR count). The Morgan fingerprint density at radius 3 is 2.62 bits per heavy atom. The van der Waals surface area contributed by atoms with Gasteiger partial charge in [0, 0.05) is 41.3 Å². The molecule has 164 valence electrons. The van der Waals surface area contributed by atoms with Gasteiger partial charge in [0.15, 0.2) is 0 Å². The van der Waals surface area contributed by atoms with E-state index in [9.17, 15) is 14.0 Å². The largest absolute Gasteiger partial charge is 0.465 e. The van der Waals surface area contributed by atoms with Crippen LogP contribution in [0.25, 0.3) is 0 Å². The molecular weight excluding hydrogens is 431 g/mol. The van der Waals surface area contributed by atoms with Crippen LogP contribution in [0.15, 0.2) is 48.0 Å². The molecule has 2 unspecified atom stereocenters. The molecule has 0 aliphatic carbocycles. The van der Waals surface area contributed by atoms with Crippen molar-refractivity contribution >= 4 is 39.5 Å². The van der Waals surface area contributed by atoms with Crippen LogP contribution < -0.4 is 5.73 Å². The normalized spacial score (nSPS) is 17.4. The van der Waals surface area contributed by atoms with Gasteiger partial charge in [-0.3, -0.25) is 19.6 Å². The Kier molecular flexibility index (Phi) is 6.09. The van der Waals surface area contributed by atoms with Crippen molar-refractivity contribution < 1.29 is 18.7 Å². The van der Waals surface area contributed by atoms with E-state index < -0.39 is 23.6 Å². The fraction of sp³-hybridized carbons (Fsp3) is 0.261. The van der Waals surface area contributed by atoms with Gasteiger partial charge in [0.2, 0.25) is 5.78 Å². The number of rotatable bonds is 6. The number of aliphatic imine (C=N–C) groups is 1. The third-order valence-electron chi connectivity index (χ3n) is 5.38. The Morgan fingerprint density at radius 2 is 1.97 bits per heavy atom. The number of nitrogens with two attached hydrogens (primary N) is 1. The molecule has 3 aromatic heterocycles.